The molecule has 1 amide bonds. The molecule has 7 nitrogen and oxygen atoms in total. The van der Waals surface area contributed by atoms with Crippen LogP contribution in [0.25, 0.3) is 21.5 Å². The van der Waals surface area contributed by atoms with E-state index in [0.29, 0.717) is 0 Å². The number of hydrogen-bond donors (Lipinski definition) is 0. The molecule has 1 fully saturated rings. The molecule has 33 heavy (non-hydrogen) atoms. The SMILES string of the molecule is COc1ccc(CN2CCN(C(=O)Cn3nc(C)c4c(-c5cccs5)ccnc43)CC2)cc1. The van der Waals surface area contributed by atoms with Gasteiger partial charge < -0.3 is 9.64 Å². The van der Waals surface area contributed by atoms with E-state index in [-0.39, 0.29) is 12.5 Å². The Morgan fingerprint density at radius 2 is 1.88 bits per heavy atom. The van der Waals surface area contributed by atoms with Crippen molar-refractivity contribution in [2.45, 2.75) is 20.0 Å². The average Bonchev–Trinajstić information content (AvgIpc) is 3.49. The van der Waals surface area contributed by atoms with Crippen LogP contribution in [0.15, 0.2) is 54.0 Å². The van der Waals surface area contributed by atoms with E-state index in [9.17, 15) is 4.79 Å². The quantitative estimate of drug-likeness (QED) is 0.437. The molecule has 170 valence electrons. The molecule has 0 unspecified atom stereocenters. The van der Waals surface area contributed by atoms with Gasteiger partial charge in [0, 0.05) is 49.4 Å². The summed E-state index contributed by atoms with van der Waals surface area (Å²) in [5.41, 5.74) is 4.04. The number of aryl methyl sites for hydroxylation is 1. The van der Waals surface area contributed by atoms with Gasteiger partial charge in [0.1, 0.15) is 12.3 Å². The maximum Gasteiger partial charge on any atom is 0.244 e. The van der Waals surface area contributed by atoms with Crippen LogP contribution in [0.4, 0.5) is 0 Å². The number of pyridine rings is 1. The Hall–Kier alpha value is -3.23. The fraction of sp³-hybridized carbons (Fsp3) is 0.320. The molecule has 8 heteroatoms. The molecule has 5 rings (SSSR count). The Kier molecular flexibility index (Phi) is 6.11. The minimum atomic E-state index is 0.0897. The molecule has 0 bridgehead atoms. The fourth-order valence-corrected chi connectivity index (χ4v) is 5.16. The van der Waals surface area contributed by atoms with Crippen molar-refractivity contribution in [3.63, 3.8) is 0 Å². The molecule has 4 aromatic rings. The van der Waals surface area contributed by atoms with Crippen molar-refractivity contribution in [1.82, 2.24) is 24.6 Å². The van der Waals surface area contributed by atoms with Crippen LogP contribution in [0.2, 0.25) is 0 Å². The second-order valence-corrected chi connectivity index (χ2v) is 9.23. The highest BCUT2D eigenvalue weighted by Crippen LogP contribution is 2.32. The first-order valence-electron chi connectivity index (χ1n) is 11.1. The zero-order valence-electron chi connectivity index (χ0n) is 18.9. The normalized spacial score (nSPS) is 14.7. The number of carbonyl (C=O) groups is 1. The van der Waals surface area contributed by atoms with Crippen LogP contribution >= 0.6 is 11.3 Å². The lowest BCUT2D eigenvalue weighted by Gasteiger charge is -2.34. The molecule has 1 aliphatic rings. The monoisotopic (exact) mass is 461 g/mol. The molecule has 0 saturated carbocycles. The lowest BCUT2D eigenvalue weighted by atomic mass is 10.1. The molecule has 0 N–H and O–H groups in total. The third kappa shape index (κ3) is 4.49. The zero-order valence-corrected chi connectivity index (χ0v) is 19.7. The van der Waals surface area contributed by atoms with Gasteiger partial charge in [-0.05, 0) is 42.1 Å². The lowest BCUT2D eigenvalue weighted by molar-refractivity contribution is -0.133. The molecular formula is C25H27N5O2S. The number of methoxy groups -OCH3 is 1. The van der Waals surface area contributed by atoms with E-state index in [1.807, 2.05) is 36.1 Å². The predicted octanol–water partition coefficient (Wildman–Crippen LogP) is 3.82. The Balaban J connectivity index is 1.24. The van der Waals surface area contributed by atoms with Crippen LogP contribution in [0.5, 0.6) is 5.75 Å². The molecule has 3 aromatic heterocycles. The van der Waals surface area contributed by atoms with Crippen molar-refractivity contribution in [2.24, 2.45) is 0 Å². The van der Waals surface area contributed by atoms with Gasteiger partial charge in [0.2, 0.25) is 5.91 Å². The van der Waals surface area contributed by atoms with Crippen molar-refractivity contribution in [3.05, 3.63) is 65.3 Å². The number of benzene rings is 1. The lowest BCUT2D eigenvalue weighted by Crippen LogP contribution is -2.49. The van der Waals surface area contributed by atoms with E-state index >= 15 is 0 Å². The summed E-state index contributed by atoms with van der Waals surface area (Å²) < 4.78 is 6.99. The maximum atomic E-state index is 13.1. The number of fused-ring (bicyclic) bond motifs is 1. The highest BCUT2D eigenvalue weighted by atomic mass is 32.1. The Morgan fingerprint density at radius 1 is 1.09 bits per heavy atom. The number of piperazine rings is 1. The van der Waals surface area contributed by atoms with Gasteiger partial charge in [-0.2, -0.15) is 5.10 Å². The van der Waals surface area contributed by atoms with Gasteiger partial charge in [-0.25, -0.2) is 9.67 Å². The van der Waals surface area contributed by atoms with E-state index in [0.717, 1.165) is 60.8 Å². The highest BCUT2D eigenvalue weighted by Gasteiger charge is 2.23. The van der Waals surface area contributed by atoms with Crippen LogP contribution in [-0.4, -0.2) is 63.8 Å². The van der Waals surface area contributed by atoms with Crippen molar-refractivity contribution >= 4 is 28.3 Å². The second kappa shape index (κ2) is 9.33. The molecule has 0 spiro atoms. The van der Waals surface area contributed by atoms with Crippen LogP contribution < -0.4 is 4.74 Å². The predicted molar refractivity (Wildman–Crippen MR) is 130 cm³/mol. The summed E-state index contributed by atoms with van der Waals surface area (Å²) in [6.07, 6.45) is 1.80. The third-order valence-corrected chi connectivity index (χ3v) is 7.07. The van der Waals surface area contributed by atoms with Gasteiger partial charge >= 0.3 is 0 Å². The average molecular weight is 462 g/mol. The summed E-state index contributed by atoms with van der Waals surface area (Å²) >= 11 is 1.70. The number of hydrogen-bond acceptors (Lipinski definition) is 6. The molecule has 1 aromatic carbocycles. The molecule has 0 atom stereocenters. The smallest absolute Gasteiger partial charge is 0.244 e. The largest absolute Gasteiger partial charge is 0.497 e. The van der Waals surface area contributed by atoms with Crippen LogP contribution in [0.1, 0.15) is 11.3 Å². The minimum absolute atomic E-state index is 0.0897. The summed E-state index contributed by atoms with van der Waals surface area (Å²) in [5, 5.41) is 7.76. The summed E-state index contributed by atoms with van der Waals surface area (Å²) in [4.78, 5) is 23.1. The third-order valence-electron chi connectivity index (χ3n) is 6.17. The van der Waals surface area contributed by atoms with Crippen molar-refractivity contribution in [2.75, 3.05) is 33.3 Å². The van der Waals surface area contributed by atoms with Crippen LogP contribution in [0, 0.1) is 6.92 Å². The Morgan fingerprint density at radius 3 is 2.58 bits per heavy atom. The van der Waals surface area contributed by atoms with Crippen LogP contribution in [0.3, 0.4) is 0 Å². The number of nitrogens with zero attached hydrogens (tertiary/aromatic N) is 5. The van der Waals surface area contributed by atoms with Gasteiger partial charge in [-0.1, -0.05) is 18.2 Å². The first-order valence-corrected chi connectivity index (χ1v) is 12.0. The molecule has 1 aliphatic heterocycles. The summed E-state index contributed by atoms with van der Waals surface area (Å²) in [7, 11) is 1.68. The van der Waals surface area contributed by atoms with Gasteiger partial charge in [-0.15, -0.1) is 11.3 Å². The van der Waals surface area contributed by atoms with Crippen molar-refractivity contribution in [3.8, 4) is 16.2 Å². The fourth-order valence-electron chi connectivity index (χ4n) is 4.40. The van der Waals surface area contributed by atoms with Gasteiger partial charge in [0.05, 0.1) is 18.2 Å². The Labute approximate surface area is 197 Å². The molecule has 4 heterocycles. The van der Waals surface area contributed by atoms with Crippen molar-refractivity contribution < 1.29 is 9.53 Å². The van der Waals surface area contributed by atoms with E-state index in [1.54, 1.807) is 29.3 Å². The molecule has 0 radical (unpaired) electrons. The van der Waals surface area contributed by atoms with Crippen LogP contribution in [-0.2, 0) is 17.9 Å². The minimum Gasteiger partial charge on any atom is -0.497 e. The standard InChI is InChI=1S/C25H27N5O2S/c1-18-24-21(22-4-3-15-33-22)9-10-26-25(24)30(27-18)17-23(31)29-13-11-28(12-14-29)16-19-5-7-20(32-2)8-6-19/h3-10,15H,11-14,16-17H2,1-2H3. The number of carbonyl (C=O) groups excluding carboxylic acids is 1. The van der Waals surface area contributed by atoms with E-state index in [1.165, 1.54) is 10.4 Å². The zero-order chi connectivity index (χ0) is 22.8. The van der Waals surface area contributed by atoms with E-state index in [2.05, 4.69) is 38.6 Å². The van der Waals surface area contributed by atoms with Gasteiger partial charge in [-0.3, -0.25) is 9.69 Å². The number of rotatable bonds is 6. The van der Waals surface area contributed by atoms with Gasteiger partial charge in [0.25, 0.3) is 0 Å². The first kappa shape index (κ1) is 21.6. The Bertz CT molecular complexity index is 1240. The van der Waals surface area contributed by atoms with Gasteiger partial charge in [0.15, 0.2) is 5.65 Å². The summed E-state index contributed by atoms with van der Waals surface area (Å²) in [6.45, 7) is 6.24. The number of ether oxygens (including phenoxy) is 1. The van der Waals surface area contributed by atoms with Crippen molar-refractivity contribution in [1.29, 1.82) is 0 Å². The molecule has 0 aliphatic carbocycles. The summed E-state index contributed by atoms with van der Waals surface area (Å²) in [5.74, 6) is 0.958. The molecular weight excluding hydrogens is 434 g/mol. The summed E-state index contributed by atoms with van der Waals surface area (Å²) in [6, 6.07) is 14.3. The second-order valence-electron chi connectivity index (χ2n) is 8.28. The first-order chi connectivity index (χ1) is 16.1. The highest BCUT2D eigenvalue weighted by molar-refractivity contribution is 7.13. The molecule has 1 saturated heterocycles. The van der Waals surface area contributed by atoms with E-state index < -0.39 is 0 Å². The number of thiophene rings is 1. The maximum absolute atomic E-state index is 13.1. The number of aromatic nitrogens is 3. The topological polar surface area (TPSA) is 63.5 Å². The number of amides is 1. The van der Waals surface area contributed by atoms with E-state index in [4.69, 9.17) is 4.74 Å².